The largest absolute Gasteiger partial charge is 0.370 e. The van der Waals surface area contributed by atoms with Gasteiger partial charge >= 0.3 is 6.03 Å². The van der Waals surface area contributed by atoms with E-state index in [1.807, 2.05) is 0 Å². The van der Waals surface area contributed by atoms with Gasteiger partial charge in [-0.1, -0.05) is 82.9 Å². The van der Waals surface area contributed by atoms with E-state index in [0.29, 0.717) is 32.5 Å². The van der Waals surface area contributed by atoms with Crippen molar-refractivity contribution in [2.45, 2.75) is 115 Å². The first-order chi connectivity index (χ1) is 20.2. The molecule has 3 atom stereocenters. The van der Waals surface area contributed by atoms with E-state index >= 15 is 0 Å². The topological polar surface area (TPSA) is 190 Å². The molecule has 5 amide bonds. The average Bonchev–Trinajstić information content (AvgIpc) is 2.94. The molecule has 12 nitrogen and oxygen atoms in total. The number of hydrogen-bond donors (Lipinski definition) is 8. The zero-order chi connectivity index (χ0) is 31.0. The van der Waals surface area contributed by atoms with E-state index in [1.165, 1.54) is 51.0 Å². The van der Waals surface area contributed by atoms with Crippen molar-refractivity contribution >= 4 is 29.7 Å². The summed E-state index contributed by atoms with van der Waals surface area (Å²) >= 11 is 0. The predicted molar refractivity (Wildman–Crippen MR) is 167 cm³/mol. The van der Waals surface area contributed by atoms with Gasteiger partial charge in [0.05, 0.1) is 0 Å². The molecular weight excluding hydrogens is 536 g/mol. The second-order valence-electron chi connectivity index (χ2n) is 10.8. The molecule has 1 heterocycles. The van der Waals surface area contributed by atoms with Crippen LogP contribution in [0.25, 0.3) is 0 Å². The van der Waals surface area contributed by atoms with Gasteiger partial charge in [-0.05, 0) is 32.6 Å². The number of nitrogens with one attached hydrogen (secondary N) is 7. The van der Waals surface area contributed by atoms with E-state index in [2.05, 4.69) is 38.8 Å². The highest BCUT2D eigenvalue weighted by Crippen LogP contribution is 2.10. The summed E-state index contributed by atoms with van der Waals surface area (Å²) in [5, 5.41) is 23.8. The van der Waals surface area contributed by atoms with Gasteiger partial charge in [0.1, 0.15) is 12.1 Å². The molecule has 9 N–H and O–H groups in total. The van der Waals surface area contributed by atoms with E-state index < -0.39 is 36.0 Å². The van der Waals surface area contributed by atoms with Gasteiger partial charge in [-0.2, -0.15) is 0 Å². The molecular formula is C30H54N8O4. The fraction of sp³-hybridized carbons (Fsp3) is 0.700. The minimum Gasteiger partial charge on any atom is -0.370 e. The van der Waals surface area contributed by atoms with Crippen molar-refractivity contribution in [3.63, 3.8) is 0 Å². The van der Waals surface area contributed by atoms with Crippen LogP contribution in [0.3, 0.4) is 0 Å². The Morgan fingerprint density at radius 1 is 0.976 bits per heavy atom. The number of carbonyl (C=O) groups is 4. The van der Waals surface area contributed by atoms with E-state index in [-0.39, 0.29) is 18.3 Å². The smallest absolute Gasteiger partial charge is 0.315 e. The van der Waals surface area contributed by atoms with Gasteiger partial charge in [0, 0.05) is 31.8 Å². The van der Waals surface area contributed by atoms with Crippen LogP contribution in [0.1, 0.15) is 97.3 Å². The molecule has 1 aliphatic rings. The predicted octanol–water partition coefficient (Wildman–Crippen LogP) is 2.46. The highest BCUT2D eigenvalue weighted by atomic mass is 16.2. The maximum Gasteiger partial charge on any atom is 0.315 e. The van der Waals surface area contributed by atoms with Crippen molar-refractivity contribution < 1.29 is 19.2 Å². The van der Waals surface area contributed by atoms with Crippen molar-refractivity contribution in [2.24, 2.45) is 5.73 Å². The Balaban J connectivity index is 2.62. The zero-order valence-electron chi connectivity index (χ0n) is 25.6. The lowest BCUT2D eigenvalue weighted by molar-refractivity contribution is -0.129. The van der Waals surface area contributed by atoms with Crippen LogP contribution in [0.15, 0.2) is 24.3 Å². The summed E-state index contributed by atoms with van der Waals surface area (Å²) in [5.74, 6) is -1.34. The first-order valence-corrected chi connectivity index (χ1v) is 15.6. The molecule has 1 rings (SSSR count). The fourth-order valence-corrected chi connectivity index (χ4v) is 4.44. The SMILES string of the molecule is CCCCCCCCCCCCNC(=O)NC(CCCNC(=N)N)C(=O)N[C@H]1/C=C/CCNC(=O)/C=C/[C@H](C)NC1=O. The lowest BCUT2D eigenvalue weighted by Gasteiger charge is -2.23. The molecule has 1 aliphatic heterocycles. The molecule has 12 heteroatoms. The molecule has 0 aromatic carbocycles. The summed E-state index contributed by atoms with van der Waals surface area (Å²) in [4.78, 5) is 50.6. The van der Waals surface area contributed by atoms with Crippen molar-refractivity contribution in [3.05, 3.63) is 24.3 Å². The highest BCUT2D eigenvalue weighted by molar-refractivity contribution is 5.93. The first-order valence-electron chi connectivity index (χ1n) is 15.6. The molecule has 238 valence electrons. The molecule has 0 fully saturated rings. The summed E-state index contributed by atoms with van der Waals surface area (Å²) < 4.78 is 0. The third-order valence-electron chi connectivity index (χ3n) is 6.85. The zero-order valence-corrected chi connectivity index (χ0v) is 25.6. The molecule has 0 aromatic heterocycles. The average molecular weight is 591 g/mol. The number of urea groups is 1. The van der Waals surface area contributed by atoms with Gasteiger partial charge in [0.2, 0.25) is 17.7 Å². The summed E-state index contributed by atoms with van der Waals surface area (Å²) in [7, 11) is 0. The van der Waals surface area contributed by atoms with Gasteiger partial charge in [-0.3, -0.25) is 19.8 Å². The van der Waals surface area contributed by atoms with Crippen LogP contribution < -0.4 is 37.6 Å². The van der Waals surface area contributed by atoms with Crippen LogP contribution in [0.4, 0.5) is 4.79 Å². The van der Waals surface area contributed by atoms with Gasteiger partial charge in [0.25, 0.3) is 0 Å². The number of guanidine groups is 1. The minimum atomic E-state index is -0.960. The van der Waals surface area contributed by atoms with E-state index in [4.69, 9.17) is 11.1 Å². The Kier molecular flexibility index (Phi) is 20.0. The molecule has 0 bridgehead atoms. The number of rotatable bonds is 18. The maximum absolute atomic E-state index is 13.3. The van der Waals surface area contributed by atoms with E-state index in [1.54, 1.807) is 25.2 Å². The normalized spacial score (nSPS) is 19.6. The van der Waals surface area contributed by atoms with E-state index in [9.17, 15) is 19.2 Å². The standard InChI is InChI=1S/C30H54N8O4/c1-3-4-5-6-7-8-9-10-11-13-21-35-30(42)38-25(17-15-22-34-29(31)32)28(41)37-24-16-12-14-20-33-26(39)19-18-23(2)36-27(24)40/h12,16,18-19,23-25H,3-11,13-15,17,20-22H2,1-2H3,(H,33,39)(H,36,40)(H,37,41)(H4,31,32,34)(H2,35,38,42)/b16-12+,19-18+/t23-,24-,25?/m0/s1. The molecule has 1 unspecified atom stereocenters. The van der Waals surface area contributed by atoms with Gasteiger partial charge in [-0.25, -0.2) is 4.79 Å². The number of amides is 5. The molecule has 0 spiro atoms. The van der Waals surface area contributed by atoms with Crippen molar-refractivity contribution in [3.8, 4) is 0 Å². The quantitative estimate of drug-likeness (QED) is 0.0523. The van der Waals surface area contributed by atoms with Crippen molar-refractivity contribution in [1.82, 2.24) is 31.9 Å². The van der Waals surface area contributed by atoms with Crippen LogP contribution in [-0.2, 0) is 14.4 Å². The summed E-state index contributed by atoms with van der Waals surface area (Å²) in [6, 6.07) is -2.74. The molecule has 0 saturated heterocycles. The fourth-order valence-electron chi connectivity index (χ4n) is 4.44. The minimum absolute atomic E-state index is 0.174. The second-order valence-corrected chi connectivity index (χ2v) is 10.8. The van der Waals surface area contributed by atoms with E-state index in [0.717, 1.165) is 19.3 Å². The van der Waals surface area contributed by atoms with Crippen LogP contribution in [0.2, 0.25) is 0 Å². The lowest BCUT2D eigenvalue weighted by Crippen LogP contribution is -2.55. The summed E-state index contributed by atoms with van der Waals surface area (Å²) in [6.45, 7) is 5.21. The monoisotopic (exact) mass is 590 g/mol. The number of hydrogen-bond acceptors (Lipinski definition) is 5. The third kappa shape index (κ3) is 18.7. The van der Waals surface area contributed by atoms with Crippen LogP contribution in [-0.4, -0.2) is 67.5 Å². The lowest BCUT2D eigenvalue weighted by atomic mass is 10.1. The number of unbranched alkanes of at least 4 members (excludes halogenated alkanes) is 9. The van der Waals surface area contributed by atoms with Crippen LogP contribution >= 0.6 is 0 Å². The second kappa shape index (κ2) is 23.0. The Morgan fingerprint density at radius 3 is 2.29 bits per heavy atom. The molecule has 0 aliphatic carbocycles. The first kappa shape index (κ1) is 36.5. The van der Waals surface area contributed by atoms with Crippen LogP contribution in [0.5, 0.6) is 0 Å². The van der Waals surface area contributed by atoms with Crippen molar-refractivity contribution in [2.75, 3.05) is 19.6 Å². The molecule has 42 heavy (non-hydrogen) atoms. The van der Waals surface area contributed by atoms with Gasteiger partial charge < -0.3 is 37.6 Å². The molecule has 0 radical (unpaired) electrons. The Bertz CT molecular complexity index is 893. The Morgan fingerprint density at radius 2 is 1.62 bits per heavy atom. The number of carbonyl (C=O) groups excluding carboxylic acids is 4. The van der Waals surface area contributed by atoms with Gasteiger partial charge in [0.15, 0.2) is 5.96 Å². The van der Waals surface area contributed by atoms with Gasteiger partial charge in [-0.15, -0.1) is 0 Å². The molecule has 0 aromatic rings. The Labute approximate surface area is 251 Å². The number of nitrogens with two attached hydrogens (primary N) is 1. The summed E-state index contributed by atoms with van der Waals surface area (Å²) in [6.07, 6.45) is 19.5. The highest BCUT2D eigenvalue weighted by Gasteiger charge is 2.26. The van der Waals surface area contributed by atoms with Crippen LogP contribution in [0, 0.1) is 5.41 Å². The summed E-state index contributed by atoms with van der Waals surface area (Å²) in [5.41, 5.74) is 5.34. The maximum atomic E-state index is 13.3. The third-order valence-corrected chi connectivity index (χ3v) is 6.85. The molecule has 0 saturated carbocycles. The van der Waals surface area contributed by atoms with Crippen molar-refractivity contribution in [1.29, 1.82) is 5.41 Å². The Hall–Kier alpha value is -3.57.